The van der Waals surface area contributed by atoms with Gasteiger partial charge in [-0.1, -0.05) is 157 Å². The second-order valence-corrected chi connectivity index (χ2v) is 21.0. The number of amides is 5. The Bertz CT molecular complexity index is 2340. The minimum atomic E-state index is -0.777. The normalized spacial score (nSPS) is 16.7. The molecule has 2 saturated carbocycles. The number of likely N-dealkylation sites (N-methyl/N-ethyl adjacent to an activating group) is 2. The molecule has 3 aromatic carbocycles. The number of carbonyl (C=O) groups is 7. The van der Waals surface area contributed by atoms with Crippen molar-refractivity contribution >= 4 is 52.4 Å². The van der Waals surface area contributed by atoms with E-state index in [1.165, 1.54) is 93.3 Å². The second-order valence-electron chi connectivity index (χ2n) is 20.3. The summed E-state index contributed by atoms with van der Waals surface area (Å²) < 4.78 is 5.34. The van der Waals surface area contributed by atoms with Crippen LogP contribution in [-0.2, 0) is 28.8 Å². The maximum Gasteiger partial charge on any atom is 0.243 e. The quantitative estimate of drug-likeness (QED) is 0.0561. The maximum absolute atomic E-state index is 13.5. The average Bonchev–Trinajstić information content (AvgIpc) is 4.38. The monoisotopic (exact) mass is 1110 g/mol. The highest BCUT2D eigenvalue weighted by molar-refractivity contribution is 7.07. The predicted octanol–water partition coefficient (Wildman–Crippen LogP) is 8.78. The second kappa shape index (κ2) is 37.5. The van der Waals surface area contributed by atoms with Crippen LogP contribution >= 0.6 is 11.3 Å². The van der Waals surface area contributed by atoms with Crippen LogP contribution in [0.4, 0.5) is 0 Å². The van der Waals surface area contributed by atoms with E-state index in [4.69, 9.17) is 4.74 Å². The van der Waals surface area contributed by atoms with Crippen molar-refractivity contribution in [1.82, 2.24) is 41.4 Å². The third-order valence-corrected chi connectivity index (χ3v) is 15.1. The maximum atomic E-state index is 13.5. The zero-order chi connectivity index (χ0) is 57.2. The van der Waals surface area contributed by atoms with Crippen molar-refractivity contribution in [2.24, 2.45) is 0 Å². The fourth-order valence-electron chi connectivity index (χ4n) is 9.62. The van der Waals surface area contributed by atoms with Crippen LogP contribution in [0.5, 0.6) is 5.75 Å². The number of nitrogens with zero attached hydrogens (tertiary/aromatic N) is 3. The summed E-state index contributed by atoms with van der Waals surface area (Å²) in [5.41, 5.74) is 4.60. The molecule has 3 unspecified atom stereocenters. The van der Waals surface area contributed by atoms with Crippen LogP contribution in [0.25, 0.3) is 0 Å². The summed E-state index contributed by atoms with van der Waals surface area (Å²) in [6.45, 7) is 9.78. The Morgan fingerprint density at radius 2 is 1.14 bits per heavy atom. The van der Waals surface area contributed by atoms with E-state index in [-0.39, 0.29) is 72.6 Å². The minimum Gasteiger partial charge on any atom is -0.494 e. The van der Waals surface area contributed by atoms with Gasteiger partial charge in [0, 0.05) is 42.9 Å². The molecule has 2 aliphatic carbocycles. The van der Waals surface area contributed by atoms with E-state index in [2.05, 4.69) is 31.6 Å². The van der Waals surface area contributed by atoms with E-state index in [0.29, 0.717) is 43.0 Å². The van der Waals surface area contributed by atoms with E-state index in [9.17, 15) is 33.6 Å². The van der Waals surface area contributed by atoms with E-state index in [0.717, 1.165) is 37.1 Å². The van der Waals surface area contributed by atoms with Crippen LogP contribution in [0.3, 0.4) is 0 Å². The lowest BCUT2D eigenvalue weighted by Gasteiger charge is -2.31. The SMILES string of the molecule is C1CCCCC1.C1CCCCC1.CCC(=O)C(NC(=O)[C@@H]1CCCN1C(=O)CNC(=O)C(C)NC)C(c1ccccc1)c1ccccc1.CCOc1cccc(C(=O)c2cscn2)c1.CNC(C)C(=O)NCC(=O)N1CCCC1. The van der Waals surface area contributed by atoms with Crippen LogP contribution in [0, 0.1) is 0 Å². The van der Waals surface area contributed by atoms with Gasteiger partial charge >= 0.3 is 0 Å². The molecule has 5 amide bonds. The zero-order valence-electron chi connectivity index (χ0n) is 47.9. The van der Waals surface area contributed by atoms with Crippen molar-refractivity contribution in [3.63, 3.8) is 0 Å². The molecule has 5 N–H and O–H groups in total. The number of benzene rings is 3. The number of Topliss-reactive ketones (excluding diaryl/α,β-unsaturated/α-hetero) is 1. The molecule has 17 heteroatoms. The highest BCUT2D eigenvalue weighted by Crippen LogP contribution is 2.30. The smallest absolute Gasteiger partial charge is 0.243 e. The number of nitrogens with one attached hydrogen (secondary N) is 5. The molecule has 0 spiro atoms. The van der Waals surface area contributed by atoms with Gasteiger partial charge in [-0.3, -0.25) is 33.6 Å². The van der Waals surface area contributed by atoms with Gasteiger partial charge in [0.25, 0.3) is 0 Å². The standard InChI is InChI=1S/C28H36N4O4.C12H11NO2S.C10H19N3O2.2C6H12/c1-4-23(33)26(25(20-12-7-5-8-13-20)21-14-9-6-10-15-21)31-28(36)22-16-11-17-32(22)24(34)18-30-27(35)19(2)29-3;1-2-15-10-5-3-4-9(6-10)12(14)11-7-16-8-13-11;1-8(11-2)10(15)12-7-9(14)13-5-3-4-6-13;2*1-2-4-6-5-3-1/h5-10,12-15,19,22,25-26,29H,4,11,16-18H2,1-3H3,(H,30,35)(H,31,36);3-8H,2H2,1H3;8,11H,3-7H2,1-2H3,(H,12,15);2*1-6H2/t19?,22-,26?;;;;/m0..../s1. The highest BCUT2D eigenvalue weighted by atomic mass is 32.1. The van der Waals surface area contributed by atoms with Gasteiger partial charge in [0.2, 0.25) is 35.3 Å². The lowest BCUT2D eigenvalue weighted by molar-refractivity contribution is -0.139. The van der Waals surface area contributed by atoms with Crippen molar-refractivity contribution in [3.8, 4) is 5.75 Å². The molecule has 1 aromatic heterocycles. The van der Waals surface area contributed by atoms with E-state index >= 15 is 0 Å². The van der Waals surface area contributed by atoms with Crippen molar-refractivity contribution in [1.29, 1.82) is 0 Å². The van der Waals surface area contributed by atoms with Gasteiger partial charge in [-0.05, 0) is 83.8 Å². The Morgan fingerprint density at radius 3 is 1.59 bits per heavy atom. The first kappa shape index (κ1) is 65.2. The largest absolute Gasteiger partial charge is 0.494 e. The minimum absolute atomic E-state index is 0.0177. The fourth-order valence-corrected chi connectivity index (χ4v) is 10.1. The number of ether oxygens (including phenoxy) is 1. The molecular weight excluding hydrogens is 1020 g/mol. The third-order valence-electron chi connectivity index (χ3n) is 14.5. The molecule has 2 aliphatic heterocycles. The molecule has 8 rings (SSSR count). The topological polar surface area (TPSA) is 208 Å². The van der Waals surface area contributed by atoms with Gasteiger partial charge in [-0.2, -0.15) is 0 Å². The average molecular weight is 1110 g/mol. The number of carbonyl (C=O) groups excluding carboxylic acids is 7. The van der Waals surface area contributed by atoms with Gasteiger partial charge < -0.3 is 41.1 Å². The van der Waals surface area contributed by atoms with Gasteiger partial charge in [-0.25, -0.2) is 4.98 Å². The van der Waals surface area contributed by atoms with Crippen LogP contribution in [-0.4, -0.2) is 133 Å². The first-order valence-corrected chi connectivity index (χ1v) is 29.8. The molecule has 0 bridgehead atoms. The summed E-state index contributed by atoms with van der Waals surface area (Å²) in [6, 6.07) is 24.3. The van der Waals surface area contributed by atoms with Crippen LogP contribution in [0.2, 0.25) is 0 Å². The summed E-state index contributed by atoms with van der Waals surface area (Å²) in [7, 11) is 3.38. The first-order chi connectivity index (χ1) is 38.3. The molecule has 4 aliphatic rings. The van der Waals surface area contributed by atoms with Crippen LogP contribution < -0.4 is 31.3 Å². The Kier molecular flexibility index (Phi) is 31.0. The molecule has 0 radical (unpaired) electrons. The number of rotatable bonds is 19. The lowest BCUT2D eigenvalue weighted by atomic mass is 9.82. The Balaban J connectivity index is 0.000000255. The number of hydrogen-bond acceptors (Lipinski definition) is 12. The van der Waals surface area contributed by atoms with Crippen LogP contribution in [0.15, 0.2) is 95.8 Å². The molecule has 4 atom stereocenters. The fraction of sp³-hybridized carbons (Fsp3) is 0.548. The van der Waals surface area contributed by atoms with Gasteiger partial charge in [0.15, 0.2) is 5.78 Å². The Labute approximate surface area is 474 Å². The molecule has 2 saturated heterocycles. The Hall–Kier alpha value is -6.30. The highest BCUT2D eigenvalue weighted by Gasteiger charge is 2.38. The number of thiazole rings is 1. The summed E-state index contributed by atoms with van der Waals surface area (Å²) in [6.07, 6.45) is 21.6. The number of hydrogen-bond donors (Lipinski definition) is 5. The van der Waals surface area contributed by atoms with E-state index < -0.39 is 18.1 Å². The summed E-state index contributed by atoms with van der Waals surface area (Å²) >= 11 is 1.41. The number of aromatic nitrogens is 1. The molecular formula is C62H90N8O8S. The summed E-state index contributed by atoms with van der Waals surface area (Å²) in [5.74, 6) is -0.861. The lowest BCUT2D eigenvalue weighted by Crippen LogP contribution is -2.54. The van der Waals surface area contributed by atoms with Crippen molar-refractivity contribution in [3.05, 3.63) is 118 Å². The molecule has 4 fully saturated rings. The molecule has 79 heavy (non-hydrogen) atoms. The first-order valence-electron chi connectivity index (χ1n) is 28.9. The summed E-state index contributed by atoms with van der Waals surface area (Å²) in [4.78, 5) is 93.8. The molecule has 16 nitrogen and oxygen atoms in total. The van der Waals surface area contributed by atoms with Crippen molar-refractivity contribution in [2.75, 3.05) is 53.4 Å². The van der Waals surface area contributed by atoms with Gasteiger partial charge in [0.1, 0.15) is 17.5 Å². The molecule has 3 heterocycles. The molecule has 4 aromatic rings. The third kappa shape index (κ3) is 23.1. The van der Waals surface area contributed by atoms with Crippen LogP contribution in [0.1, 0.15) is 170 Å². The van der Waals surface area contributed by atoms with Crippen molar-refractivity contribution in [2.45, 2.75) is 167 Å². The van der Waals surface area contributed by atoms with Gasteiger partial charge in [-0.15, -0.1) is 11.3 Å². The predicted molar refractivity (Wildman–Crippen MR) is 314 cm³/mol. The van der Waals surface area contributed by atoms with E-state index in [1.54, 1.807) is 62.8 Å². The zero-order valence-corrected chi connectivity index (χ0v) is 48.7. The Morgan fingerprint density at radius 1 is 0.633 bits per heavy atom. The number of likely N-dealkylation sites (tertiary alicyclic amines) is 2. The number of ketones is 2. The van der Waals surface area contributed by atoms with Crippen molar-refractivity contribution < 1.29 is 38.3 Å². The van der Waals surface area contributed by atoms with Gasteiger partial charge in [0.05, 0.1) is 43.3 Å². The molecule has 432 valence electrons. The van der Waals surface area contributed by atoms with E-state index in [1.807, 2.05) is 79.7 Å². The summed E-state index contributed by atoms with van der Waals surface area (Å²) in [5, 5.41) is 15.6.